The smallest absolute Gasteiger partial charge is 0.0477 e. The Labute approximate surface area is 120 Å². The Bertz CT molecular complexity index is 329. The SMILES string of the molecule is CCCNC(CCOC)Cc1c(Cl)cccc1Cl. The van der Waals surface area contributed by atoms with Crippen molar-refractivity contribution in [1.29, 1.82) is 0 Å². The van der Waals surface area contributed by atoms with E-state index >= 15 is 0 Å². The lowest BCUT2D eigenvalue weighted by Gasteiger charge is -2.19. The molecule has 0 aliphatic carbocycles. The van der Waals surface area contributed by atoms with Gasteiger partial charge in [-0.15, -0.1) is 0 Å². The Balaban J connectivity index is 2.68. The third kappa shape index (κ3) is 5.15. The van der Waals surface area contributed by atoms with Crippen molar-refractivity contribution in [2.45, 2.75) is 32.2 Å². The van der Waals surface area contributed by atoms with E-state index in [4.69, 9.17) is 27.9 Å². The minimum absolute atomic E-state index is 0.349. The van der Waals surface area contributed by atoms with Gasteiger partial charge in [-0.1, -0.05) is 36.2 Å². The van der Waals surface area contributed by atoms with E-state index in [9.17, 15) is 0 Å². The summed E-state index contributed by atoms with van der Waals surface area (Å²) < 4.78 is 5.14. The topological polar surface area (TPSA) is 21.3 Å². The van der Waals surface area contributed by atoms with Crippen LogP contribution in [0.15, 0.2) is 18.2 Å². The average molecular weight is 290 g/mol. The predicted octanol–water partition coefficient (Wildman–Crippen LogP) is 3.94. The van der Waals surface area contributed by atoms with E-state index in [0.717, 1.165) is 48.0 Å². The molecular weight excluding hydrogens is 269 g/mol. The van der Waals surface area contributed by atoms with Gasteiger partial charge >= 0.3 is 0 Å². The third-order valence-electron chi connectivity index (χ3n) is 2.87. The molecule has 1 atom stereocenters. The van der Waals surface area contributed by atoms with Crippen LogP contribution in [0.4, 0.5) is 0 Å². The lowest BCUT2D eigenvalue weighted by molar-refractivity contribution is 0.182. The largest absolute Gasteiger partial charge is 0.385 e. The van der Waals surface area contributed by atoms with Crippen LogP contribution >= 0.6 is 23.2 Å². The minimum atomic E-state index is 0.349. The molecule has 0 amide bonds. The Morgan fingerprint density at radius 2 is 1.94 bits per heavy atom. The second-order valence-corrected chi connectivity index (χ2v) is 5.15. The van der Waals surface area contributed by atoms with Gasteiger partial charge in [0.05, 0.1) is 0 Å². The highest BCUT2D eigenvalue weighted by Crippen LogP contribution is 2.26. The van der Waals surface area contributed by atoms with Gasteiger partial charge in [0.2, 0.25) is 0 Å². The molecule has 0 bridgehead atoms. The number of hydrogen-bond donors (Lipinski definition) is 1. The highest BCUT2D eigenvalue weighted by molar-refractivity contribution is 6.35. The molecule has 1 rings (SSSR count). The van der Waals surface area contributed by atoms with E-state index in [-0.39, 0.29) is 0 Å². The zero-order chi connectivity index (χ0) is 13.4. The standard InChI is InChI=1S/C14H21Cl2NO/c1-3-8-17-11(7-9-18-2)10-12-13(15)5-4-6-14(12)16/h4-6,11,17H,3,7-10H2,1-2H3. The lowest BCUT2D eigenvalue weighted by atomic mass is 10.0. The summed E-state index contributed by atoms with van der Waals surface area (Å²) in [6.07, 6.45) is 2.90. The Kier molecular flexibility index (Phi) is 7.68. The molecule has 2 nitrogen and oxygen atoms in total. The number of nitrogens with one attached hydrogen (secondary N) is 1. The molecule has 0 heterocycles. The molecular formula is C14H21Cl2NO. The summed E-state index contributed by atoms with van der Waals surface area (Å²) in [4.78, 5) is 0. The van der Waals surface area contributed by atoms with Gasteiger partial charge < -0.3 is 10.1 Å². The summed E-state index contributed by atoms with van der Waals surface area (Å²) in [7, 11) is 1.72. The van der Waals surface area contributed by atoms with Crippen molar-refractivity contribution in [2.75, 3.05) is 20.3 Å². The van der Waals surface area contributed by atoms with Crippen LogP contribution in [0.3, 0.4) is 0 Å². The number of ether oxygens (including phenoxy) is 1. The second-order valence-electron chi connectivity index (χ2n) is 4.34. The van der Waals surface area contributed by atoms with Crippen LogP contribution in [0.25, 0.3) is 0 Å². The predicted molar refractivity (Wildman–Crippen MR) is 78.7 cm³/mol. The summed E-state index contributed by atoms with van der Waals surface area (Å²) in [5, 5.41) is 4.99. The van der Waals surface area contributed by atoms with Crippen molar-refractivity contribution >= 4 is 23.2 Å². The molecule has 0 spiro atoms. The van der Waals surface area contributed by atoms with Crippen molar-refractivity contribution in [3.8, 4) is 0 Å². The van der Waals surface area contributed by atoms with Gasteiger partial charge in [-0.25, -0.2) is 0 Å². The van der Waals surface area contributed by atoms with Gasteiger partial charge in [0.25, 0.3) is 0 Å². The summed E-state index contributed by atoms with van der Waals surface area (Å²) in [5.41, 5.74) is 1.02. The maximum atomic E-state index is 6.20. The van der Waals surface area contributed by atoms with E-state index in [2.05, 4.69) is 12.2 Å². The van der Waals surface area contributed by atoms with Gasteiger partial charge in [-0.2, -0.15) is 0 Å². The fourth-order valence-corrected chi connectivity index (χ4v) is 2.41. The van der Waals surface area contributed by atoms with Gasteiger partial charge in [0, 0.05) is 29.8 Å². The number of halogens is 2. The summed E-state index contributed by atoms with van der Waals surface area (Å²) in [6, 6.07) is 5.99. The third-order valence-corrected chi connectivity index (χ3v) is 3.57. The van der Waals surface area contributed by atoms with Crippen molar-refractivity contribution in [1.82, 2.24) is 5.32 Å². The zero-order valence-corrected chi connectivity index (χ0v) is 12.5. The molecule has 1 unspecified atom stereocenters. The van der Waals surface area contributed by atoms with Gasteiger partial charge in [0.1, 0.15) is 0 Å². The first-order valence-electron chi connectivity index (χ1n) is 6.34. The molecule has 0 aliphatic rings. The fourth-order valence-electron chi connectivity index (χ4n) is 1.86. The average Bonchev–Trinajstić information content (AvgIpc) is 2.36. The van der Waals surface area contributed by atoms with Crippen LogP contribution in [0.2, 0.25) is 10.0 Å². The van der Waals surface area contributed by atoms with E-state index in [1.807, 2.05) is 18.2 Å². The Morgan fingerprint density at radius 1 is 1.28 bits per heavy atom. The van der Waals surface area contributed by atoms with E-state index in [1.165, 1.54) is 0 Å². The van der Waals surface area contributed by atoms with Crippen molar-refractivity contribution in [3.05, 3.63) is 33.8 Å². The van der Waals surface area contributed by atoms with Gasteiger partial charge in [0.15, 0.2) is 0 Å². The van der Waals surface area contributed by atoms with Crippen LogP contribution < -0.4 is 5.32 Å². The normalized spacial score (nSPS) is 12.7. The van der Waals surface area contributed by atoms with Crippen LogP contribution in [0.5, 0.6) is 0 Å². The number of hydrogen-bond acceptors (Lipinski definition) is 2. The van der Waals surface area contributed by atoms with Crippen LogP contribution in [0.1, 0.15) is 25.3 Å². The molecule has 102 valence electrons. The second kappa shape index (κ2) is 8.76. The molecule has 0 aromatic heterocycles. The zero-order valence-electron chi connectivity index (χ0n) is 11.0. The molecule has 0 aliphatic heterocycles. The van der Waals surface area contributed by atoms with Gasteiger partial charge in [-0.05, 0) is 43.5 Å². The number of methoxy groups -OCH3 is 1. The molecule has 1 aromatic rings. The maximum absolute atomic E-state index is 6.20. The van der Waals surface area contributed by atoms with E-state index < -0.39 is 0 Å². The minimum Gasteiger partial charge on any atom is -0.385 e. The first-order chi connectivity index (χ1) is 8.69. The Morgan fingerprint density at radius 3 is 2.50 bits per heavy atom. The van der Waals surface area contributed by atoms with Crippen molar-refractivity contribution < 1.29 is 4.74 Å². The summed E-state index contributed by atoms with van der Waals surface area (Å²) >= 11 is 12.4. The molecule has 0 saturated carbocycles. The van der Waals surface area contributed by atoms with Crippen molar-refractivity contribution in [3.63, 3.8) is 0 Å². The number of benzene rings is 1. The first kappa shape index (κ1) is 15.8. The summed E-state index contributed by atoms with van der Waals surface area (Å²) in [5.74, 6) is 0. The lowest BCUT2D eigenvalue weighted by Crippen LogP contribution is -2.33. The Hall–Kier alpha value is -0.280. The monoisotopic (exact) mass is 289 g/mol. The first-order valence-corrected chi connectivity index (χ1v) is 7.09. The molecule has 1 N–H and O–H groups in total. The fraction of sp³-hybridized carbons (Fsp3) is 0.571. The van der Waals surface area contributed by atoms with Crippen LogP contribution in [-0.2, 0) is 11.2 Å². The van der Waals surface area contributed by atoms with Gasteiger partial charge in [-0.3, -0.25) is 0 Å². The molecule has 0 saturated heterocycles. The van der Waals surface area contributed by atoms with E-state index in [1.54, 1.807) is 7.11 Å². The molecule has 0 radical (unpaired) electrons. The highest BCUT2D eigenvalue weighted by Gasteiger charge is 2.13. The molecule has 1 aromatic carbocycles. The quantitative estimate of drug-likeness (QED) is 0.783. The van der Waals surface area contributed by atoms with Crippen LogP contribution in [0, 0.1) is 0 Å². The van der Waals surface area contributed by atoms with Crippen LogP contribution in [-0.4, -0.2) is 26.3 Å². The van der Waals surface area contributed by atoms with Crippen molar-refractivity contribution in [2.24, 2.45) is 0 Å². The number of rotatable bonds is 8. The van der Waals surface area contributed by atoms with E-state index in [0.29, 0.717) is 6.04 Å². The highest BCUT2D eigenvalue weighted by atomic mass is 35.5. The molecule has 4 heteroatoms. The maximum Gasteiger partial charge on any atom is 0.0477 e. The molecule has 18 heavy (non-hydrogen) atoms. The molecule has 0 fully saturated rings. The summed E-state index contributed by atoms with van der Waals surface area (Å²) in [6.45, 7) is 3.89.